The minimum Gasteiger partial charge on any atom is -0.386 e. The molecule has 25 heavy (non-hydrogen) atoms. The van der Waals surface area contributed by atoms with Crippen molar-refractivity contribution in [1.82, 2.24) is 10.6 Å². The van der Waals surface area contributed by atoms with Gasteiger partial charge in [0.05, 0.1) is 17.2 Å². The smallest absolute Gasteiger partial charge is 0.315 e. The summed E-state index contributed by atoms with van der Waals surface area (Å²) in [6, 6.07) is 7.93. The number of aliphatic hydroxyl groups is 1. The summed E-state index contributed by atoms with van der Waals surface area (Å²) in [4.78, 5) is 11.7. The Kier molecular flexibility index (Phi) is 5.98. The molecule has 2 aromatic rings. The molecule has 1 unspecified atom stereocenters. The van der Waals surface area contributed by atoms with Gasteiger partial charge in [0.1, 0.15) is 23.6 Å². The first-order valence-electron chi connectivity index (χ1n) is 7.24. The van der Waals surface area contributed by atoms with E-state index in [0.29, 0.717) is 0 Å². The van der Waals surface area contributed by atoms with Gasteiger partial charge in [-0.05, 0) is 30.3 Å². The van der Waals surface area contributed by atoms with E-state index in [9.17, 15) is 23.1 Å². The summed E-state index contributed by atoms with van der Waals surface area (Å²) in [5, 5.41) is 23.1. The highest BCUT2D eigenvalue weighted by atomic mass is 19.1. The van der Waals surface area contributed by atoms with E-state index < -0.39 is 41.7 Å². The zero-order valence-corrected chi connectivity index (χ0v) is 12.9. The number of hydrogen-bond acceptors (Lipinski definition) is 3. The molecule has 2 aromatic carbocycles. The molecule has 0 heterocycles. The second kappa shape index (κ2) is 8.17. The Bertz CT molecular complexity index is 801. The van der Waals surface area contributed by atoms with Gasteiger partial charge >= 0.3 is 6.03 Å². The minimum absolute atomic E-state index is 0.106. The second-order valence-electron chi connectivity index (χ2n) is 5.13. The maximum absolute atomic E-state index is 13.6. The van der Waals surface area contributed by atoms with E-state index in [-0.39, 0.29) is 17.7 Å². The molecular formula is C17H14F3N3O2. The van der Waals surface area contributed by atoms with E-state index in [1.54, 1.807) is 0 Å². The van der Waals surface area contributed by atoms with Crippen molar-refractivity contribution < 1.29 is 23.1 Å². The molecule has 2 rings (SSSR count). The van der Waals surface area contributed by atoms with Gasteiger partial charge in [-0.3, -0.25) is 0 Å². The van der Waals surface area contributed by atoms with Gasteiger partial charge in [-0.15, -0.1) is 0 Å². The fourth-order valence-corrected chi connectivity index (χ4v) is 2.14. The van der Waals surface area contributed by atoms with E-state index >= 15 is 0 Å². The van der Waals surface area contributed by atoms with E-state index in [4.69, 9.17) is 5.26 Å². The molecule has 0 aliphatic heterocycles. The lowest BCUT2D eigenvalue weighted by molar-refractivity contribution is 0.164. The number of halogens is 3. The molecule has 5 nitrogen and oxygen atoms in total. The van der Waals surface area contributed by atoms with Crippen molar-refractivity contribution in [3.8, 4) is 6.07 Å². The van der Waals surface area contributed by atoms with Crippen molar-refractivity contribution in [3.05, 3.63) is 70.5 Å². The molecular weight excluding hydrogens is 335 g/mol. The van der Waals surface area contributed by atoms with Crippen LogP contribution >= 0.6 is 0 Å². The molecule has 0 spiro atoms. The van der Waals surface area contributed by atoms with Gasteiger partial charge in [-0.2, -0.15) is 5.26 Å². The molecule has 0 aromatic heterocycles. The largest absolute Gasteiger partial charge is 0.386 e. The normalized spacial score (nSPS) is 11.5. The molecule has 3 N–H and O–H groups in total. The maximum atomic E-state index is 13.6. The van der Waals surface area contributed by atoms with Crippen LogP contribution in [-0.4, -0.2) is 17.7 Å². The number of amides is 2. The third kappa shape index (κ3) is 4.71. The zero-order valence-electron chi connectivity index (χ0n) is 12.9. The Morgan fingerprint density at radius 1 is 1.12 bits per heavy atom. The van der Waals surface area contributed by atoms with Crippen LogP contribution in [0.1, 0.15) is 22.8 Å². The van der Waals surface area contributed by atoms with E-state index in [1.807, 2.05) is 6.07 Å². The summed E-state index contributed by atoms with van der Waals surface area (Å²) in [7, 11) is 0. The summed E-state index contributed by atoms with van der Waals surface area (Å²) in [5.41, 5.74) is -0.200. The lowest BCUT2D eigenvalue weighted by Crippen LogP contribution is -2.37. The molecule has 130 valence electrons. The van der Waals surface area contributed by atoms with Crippen LogP contribution in [0.3, 0.4) is 0 Å². The lowest BCUT2D eigenvalue weighted by atomic mass is 10.1. The van der Waals surface area contributed by atoms with Crippen molar-refractivity contribution in [1.29, 1.82) is 5.26 Å². The average Bonchev–Trinajstić information content (AvgIpc) is 2.59. The van der Waals surface area contributed by atoms with Gasteiger partial charge < -0.3 is 15.7 Å². The number of carbonyl (C=O) groups is 1. The molecule has 8 heteroatoms. The average molecular weight is 349 g/mol. The summed E-state index contributed by atoms with van der Waals surface area (Å²) in [5.74, 6) is -2.44. The summed E-state index contributed by atoms with van der Waals surface area (Å²) >= 11 is 0. The number of nitrogens with zero attached hydrogens (tertiary/aromatic N) is 1. The molecule has 1 atom stereocenters. The topological polar surface area (TPSA) is 85.2 Å². The summed E-state index contributed by atoms with van der Waals surface area (Å²) in [6.07, 6.45) is -1.58. The zero-order chi connectivity index (χ0) is 18.4. The highest BCUT2D eigenvalue weighted by Gasteiger charge is 2.18. The van der Waals surface area contributed by atoms with Crippen molar-refractivity contribution in [2.24, 2.45) is 0 Å². The quantitative estimate of drug-likeness (QED) is 0.775. The highest BCUT2D eigenvalue weighted by molar-refractivity contribution is 5.73. The van der Waals surface area contributed by atoms with Gasteiger partial charge in [-0.25, -0.2) is 18.0 Å². The fourth-order valence-electron chi connectivity index (χ4n) is 2.14. The number of benzene rings is 2. The van der Waals surface area contributed by atoms with Gasteiger partial charge in [0.25, 0.3) is 0 Å². The first-order valence-corrected chi connectivity index (χ1v) is 7.24. The van der Waals surface area contributed by atoms with Crippen LogP contribution in [-0.2, 0) is 6.54 Å². The molecule has 0 aliphatic carbocycles. The first-order chi connectivity index (χ1) is 11.9. The lowest BCUT2D eigenvalue weighted by Gasteiger charge is -2.14. The number of aliphatic hydroxyl groups excluding tert-OH is 1. The van der Waals surface area contributed by atoms with Crippen molar-refractivity contribution in [3.63, 3.8) is 0 Å². The molecule has 0 saturated heterocycles. The van der Waals surface area contributed by atoms with Crippen LogP contribution in [0.5, 0.6) is 0 Å². The predicted octanol–water partition coefficient (Wildman–Crippen LogP) is 2.51. The third-order valence-corrected chi connectivity index (χ3v) is 3.40. The van der Waals surface area contributed by atoms with Crippen molar-refractivity contribution in [2.75, 3.05) is 6.54 Å². The van der Waals surface area contributed by atoms with Crippen LogP contribution in [0.4, 0.5) is 18.0 Å². The Morgan fingerprint density at radius 3 is 2.44 bits per heavy atom. The predicted molar refractivity (Wildman–Crippen MR) is 82.7 cm³/mol. The van der Waals surface area contributed by atoms with Gasteiger partial charge in [0, 0.05) is 18.7 Å². The molecule has 0 aliphatic rings. The highest BCUT2D eigenvalue weighted by Crippen LogP contribution is 2.19. The van der Waals surface area contributed by atoms with E-state index in [2.05, 4.69) is 10.6 Å². The Balaban J connectivity index is 1.90. The molecule has 2 amide bonds. The Hall–Kier alpha value is -3.05. The third-order valence-electron chi connectivity index (χ3n) is 3.40. The minimum atomic E-state index is -1.58. The van der Waals surface area contributed by atoms with Crippen molar-refractivity contribution in [2.45, 2.75) is 12.6 Å². The molecule has 0 radical (unpaired) electrons. The number of urea groups is 1. The monoisotopic (exact) mass is 349 g/mol. The maximum Gasteiger partial charge on any atom is 0.315 e. The number of carbonyl (C=O) groups excluding carboxylic acids is 1. The van der Waals surface area contributed by atoms with Gasteiger partial charge in [0.15, 0.2) is 0 Å². The van der Waals surface area contributed by atoms with Gasteiger partial charge in [-0.1, -0.05) is 6.07 Å². The van der Waals surface area contributed by atoms with Gasteiger partial charge in [0.2, 0.25) is 0 Å². The van der Waals surface area contributed by atoms with Crippen LogP contribution in [0, 0.1) is 28.8 Å². The molecule has 0 fully saturated rings. The van der Waals surface area contributed by atoms with Crippen molar-refractivity contribution >= 4 is 6.03 Å². The number of nitriles is 1. The van der Waals surface area contributed by atoms with Crippen LogP contribution in [0.25, 0.3) is 0 Å². The van der Waals surface area contributed by atoms with E-state index in [1.165, 1.54) is 12.1 Å². The van der Waals surface area contributed by atoms with Crippen LogP contribution in [0.15, 0.2) is 36.4 Å². The fraction of sp³-hybridized carbons (Fsp3) is 0.176. The van der Waals surface area contributed by atoms with Crippen LogP contribution in [0.2, 0.25) is 0 Å². The number of rotatable bonds is 5. The Labute approximate surface area is 141 Å². The number of nitrogens with one attached hydrogen (secondary N) is 2. The Morgan fingerprint density at radius 2 is 1.80 bits per heavy atom. The first kappa shape index (κ1) is 18.3. The van der Waals surface area contributed by atoms with E-state index in [0.717, 1.165) is 24.3 Å². The summed E-state index contributed by atoms with van der Waals surface area (Å²) < 4.78 is 40.6. The molecule has 0 bridgehead atoms. The summed E-state index contributed by atoms with van der Waals surface area (Å²) in [6.45, 7) is -0.637. The SMILES string of the molecule is N#Cc1ccc(F)c(CNC(=O)NCC(O)c2c(F)cccc2F)c1. The standard InChI is InChI=1S/C17H14F3N3O2/c18-12-5-4-10(7-21)6-11(12)8-22-17(25)23-9-15(24)16-13(19)2-1-3-14(16)20/h1-6,15,24H,8-9H2,(H2,22,23,25). The molecule has 0 saturated carbocycles. The van der Waals surface area contributed by atoms with Crippen LogP contribution < -0.4 is 10.6 Å². The second-order valence-corrected chi connectivity index (χ2v) is 5.13. The number of hydrogen-bond donors (Lipinski definition) is 3.